The third kappa shape index (κ3) is 3.71. The number of benzene rings is 1. The highest BCUT2D eigenvalue weighted by atomic mass is 16.6. The lowest BCUT2D eigenvalue weighted by Crippen LogP contribution is -2.37. The van der Waals surface area contributed by atoms with Crippen molar-refractivity contribution in [2.45, 2.75) is 6.10 Å². The van der Waals surface area contributed by atoms with Crippen LogP contribution in [0.15, 0.2) is 24.3 Å². The Labute approximate surface area is 100 Å². The Balaban J connectivity index is 1.67. The summed E-state index contributed by atoms with van der Waals surface area (Å²) in [6, 6.07) is 6.61. The van der Waals surface area contributed by atoms with Gasteiger partial charge in [-0.25, -0.2) is 0 Å². The van der Waals surface area contributed by atoms with Crippen molar-refractivity contribution in [2.24, 2.45) is 0 Å². The molecule has 2 N–H and O–H groups in total. The maximum absolute atomic E-state index is 8.91. The van der Waals surface area contributed by atoms with E-state index in [9.17, 15) is 0 Å². The number of rotatable bonds is 6. The van der Waals surface area contributed by atoms with Gasteiger partial charge in [-0.1, -0.05) is 12.1 Å². The minimum absolute atomic E-state index is 0.213. The Hall–Kier alpha value is -1.08. The minimum atomic E-state index is -1.44. The fourth-order valence-electron chi connectivity index (χ4n) is 1.42. The molecule has 0 spiro atoms. The summed E-state index contributed by atoms with van der Waals surface area (Å²) in [5.74, 6) is 0.683. The second kappa shape index (κ2) is 6.02. The summed E-state index contributed by atoms with van der Waals surface area (Å²) in [7, 11) is -1.44. The second-order valence-corrected chi connectivity index (χ2v) is 3.82. The molecule has 2 rings (SSSR count). The lowest BCUT2D eigenvalue weighted by Gasteiger charge is -2.25. The zero-order chi connectivity index (χ0) is 12.1. The van der Waals surface area contributed by atoms with Crippen LogP contribution in [0.25, 0.3) is 0 Å². The molecule has 1 saturated heterocycles. The molecule has 6 heteroatoms. The van der Waals surface area contributed by atoms with Crippen LogP contribution in [0.5, 0.6) is 5.75 Å². The van der Waals surface area contributed by atoms with Crippen LogP contribution in [0, 0.1) is 0 Å². The van der Waals surface area contributed by atoms with Gasteiger partial charge in [-0.3, -0.25) is 0 Å². The fraction of sp³-hybridized carbons (Fsp3) is 0.455. The first kappa shape index (κ1) is 12.4. The molecule has 0 amide bonds. The van der Waals surface area contributed by atoms with Gasteiger partial charge in [-0.05, 0) is 17.6 Å². The molecule has 1 aromatic carbocycles. The summed E-state index contributed by atoms with van der Waals surface area (Å²) in [6.07, 6.45) is 0.213. The summed E-state index contributed by atoms with van der Waals surface area (Å²) >= 11 is 0. The molecule has 1 fully saturated rings. The fourth-order valence-corrected chi connectivity index (χ4v) is 1.42. The molecule has 17 heavy (non-hydrogen) atoms. The normalized spacial score (nSPS) is 15.4. The number of hydrogen-bond donors (Lipinski definition) is 2. The van der Waals surface area contributed by atoms with Crippen molar-refractivity contribution in [2.75, 3.05) is 26.4 Å². The monoisotopic (exact) mass is 238 g/mol. The zero-order valence-electron chi connectivity index (χ0n) is 9.41. The van der Waals surface area contributed by atoms with Crippen LogP contribution >= 0.6 is 0 Å². The molecule has 0 aliphatic carbocycles. The van der Waals surface area contributed by atoms with Crippen LogP contribution in [0.2, 0.25) is 0 Å². The van der Waals surface area contributed by atoms with E-state index in [1.807, 2.05) is 0 Å². The van der Waals surface area contributed by atoms with Crippen molar-refractivity contribution in [3.63, 3.8) is 0 Å². The molecular formula is C11H15BO5. The average molecular weight is 238 g/mol. The van der Waals surface area contributed by atoms with E-state index in [2.05, 4.69) is 0 Å². The molecule has 0 aromatic heterocycles. The van der Waals surface area contributed by atoms with Crippen LogP contribution in [0.1, 0.15) is 0 Å². The Kier molecular flexibility index (Phi) is 4.39. The lowest BCUT2D eigenvalue weighted by atomic mass is 9.80. The molecule has 0 radical (unpaired) electrons. The van der Waals surface area contributed by atoms with Gasteiger partial charge in [0.15, 0.2) is 0 Å². The molecule has 1 aromatic rings. The molecule has 0 bridgehead atoms. The molecule has 0 unspecified atom stereocenters. The van der Waals surface area contributed by atoms with Gasteiger partial charge in [0.25, 0.3) is 0 Å². The molecule has 1 heterocycles. The first-order valence-electron chi connectivity index (χ1n) is 5.54. The van der Waals surface area contributed by atoms with Crippen LogP contribution in [0.3, 0.4) is 0 Å². The Morgan fingerprint density at radius 3 is 2.41 bits per heavy atom. The van der Waals surface area contributed by atoms with Crippen molar-refractivity contribution in [1.29, 1.82) is 0 Å². The summed E-state index contributed by atoms with van der Waals surface area (Å²) in [6.45, 7) is 2.34. The van der Waals surface area contributed by atoms with E-state index in [1.165, 1.54) is 0 Å². The molecule has 5 nitrogen and oxygen atoms in total. The van der Waals surface area contributed by atoms with Gasteiger partial charge < -0.3 is 24.3 Å². The summed E-state index contributed by atoms with van der Waals surface area (Å²) < 4.78 is 15.8. The van der Waals surface area contributed by atoms with Gasteiger partial charge in [0.1, 0.15) is 18.5 Å². The standard InChI is InChI=1S/C11H15BO5/c13-12(14)9-1-3-10(4-2-9)16-5-6-17-11-7-15-8-11/h1-4,11,13-14H,5-8H2. The number of hydrogen-bond acceptors (Lipinski definition) is 5. The van der Waals surface area contributed by atoms with Crippen molar-refractivity contribution in [3.05, 3.63) is 24.3 Å². The van der Waals surface area contributed by atoms with E-state index in [0.717, 1.165) is 0 Å². The van der Waals surface area contributed by atoms with Gasteiger partial charge in [0.05, 0.1) is 19.8 Å². The largest absolute Gasteiger partial charge is 0.491 e. The van der Waals surface area contributed by atoms with E-state index in [0.29, 0.717) is 37.6 Å². The summed E-state index contributed by atoms with van der Waals surface area (Å²) in [5.41, 5.74) is 0.445. The van der Waals surface area contributed by atoms with E-state index < -0.39 is 7.12 Å². The Bertz CT molecular complexity index is 336. The van der Waals surface area contributed by atoms with Gasteiger partial charge in [0, 0.05) is 0 Å². The maximum atomic E-state index is 8.91. The lowest BCUT2D eigenvalue weighted by molar-refractivity contribution is -0.132. The average Bonchev–Trinajstić information content (AvgIpc) is 2.27. The molecular weight excluding hydrogens is 223 g/mol. The van der Waals surface area contributed by atoms with Crippen LogP contribution in [0.4, 0.5) is 0 Å². The van der Waals surface area contributed by atoms with Gasteiger partial charge >= 0.3 is 7.12 Å². The van der Waals surface area contributed by atoms with Gasteiger partial charge in [-0.15, -0.1) is 0 Å². The first-order valence-corrected chi connectivity index (χ1v) is 5.54. The molecule has 1 aliphatic heterocycles. The summed E-state index contributed by atoms with van der Waals surface area (Å²) in [4.78, 5) is 0. The van der Waals surface area contributed by atoms with Crippen molar-refractivity contribution in [1.82, 2.24) is 0 Å². The van der Waals surface area contributed by atoms with Crippen molar-refractivity contribution < 1.29 is 24.3 Å². The third-order valence-electron chi connectivity index (χ3n) is 2.49. The van der Waals surface area contributed by atoms with Gasteiger partial charge in [0.2, 0.25) is 0 Å². The molecule has 1 aliphatic rings. The van der Waals surface area contributed by atoms with Crippen LogP contribution in [-0.2, 0) is 9.47 Å². The van der Waals surface area contributed by atoms with E-state index in [-0.39, 0.29) is 6.10 Å². The molecule has 0 atom stereocenters. The quantitative estimate of drug-likeness (QED) is 0.499. The second-order valence-electron chi connectivity index (χ2n) is 3.82. The van der Waals surface area contributed by atoms with Gasteiger partial charge in [-0.2, -0.15) is 0 Å². The minimum Gasteiger partial charge on any atom is -0.491 e. The first-order chi connectivity index (χ1) is 8.25. The van der Waals surface area contributed by atoms with Crippen molar-refractivity contribution >= 4 is 12.6 Å². The topological polar surface area (TPSA) is 68.2 Å². The van der Waals surface area contributed by atoms with E-state index in [1.54, 1.807) is 24.3 Å². The van der Waals surface area contributed by atoms with Crippen LogP contribution < -0.4 is 10.2 Å². The maximum Gasteiger partial charge on any atom is 0.488 e. The smallest absolute Gasteiger partial charge is 0.488 e. The van der Waals surface area contributed by atoms with E-state index >= 15 is 0 Å². The zero-order valence-corrected chi connectivity index (χ0v) is 9.41. The Morgan fingerprint density at radius 1 is 1.18 bits per heavy atom. The highest BCUT2D eigenvalue weighted by Crippen LogP contribution is 2.08. The predicted octanol–water partition coefficient (Wildman–Crippen LogP) is -0.839. The highest BCUT2D eigenvalue weighted by Gasteiger charge is 2.18. The van der Waals surface area contributed by atoms with E-state index in [4.69, 9.17) is 24.3 Å². The predicted molar refractivity (Wildman–Crippen MR) is 62.3 cm³/mol. The highest BCUT2D eigenvalue weighted by molar-refractivity contribution is 6.58. The molecule has 92 valence electrons. The van der Waals surface area contributed by atoms with Crippen LogP contribution in [-0.4, -0.2) is 49.7 Å². The number of ether oxygens (including phenoxy) is 3. The third-order valence-corrected chi connectivity index (χ3v) is 2.49. The summed E-state index contributed by atoms with van der Waals surface area (Å²) in [5, 5.41) is 17.8. The Morgan fingerprint density at radius 2 is 1.88 bits per heavy atom. The SMILES string of the molecule is OB(O)c1ccc(OCCOC2COC2)cc1. The van der Waals surface area contributed by atoms with Crippen molar-refractivity contribution in [3.8, 4) is 5.75 Å². The molecule has 0 saturated carbocycles.